The number of Topliss-reactive ketones (excluding diaryl/α,β-unsaturated/α-hetero) is 1. The zero-order valence-corrected chi connectivity index (χ0v) is 9.40. The molecule has 0 radical (unpaired) electrons. The van der Waals surface area contributed by atoms with Crippen molar-refractivity contribution in [3.05, 3.63) is 24.0 Å². The van der Waals surface area contributed by atoms with Crippen molar-refractivity contribution in [3.8, 4) is 0 Å². The number of rotatable bonds is 5. The van der Waals surface area contributed by atoms with Gasteiger partial charge in [-0.15, -0.1) is 0 Å². The van der Waals surface area contributed by atoms with Crippen molar-refractivity contribution in [1.82, 2.24) is 0 Å². The van der Waals surface area contributed by atoms with E-state index >= 15 is 0 Å². The molecule has 0 amide bonds. The van der Waals surface area contributed by atoms with Crippen molar-refractivity contribution >= 4 is 11.8 Å². The third-order valence-electron chi connectivity index (χ3n) is 2.18. The predicted octanol–water partition coefficient (Wildman–Crippen LogP) is 1.76. The quantitative estimate of drug-likeness (QED) is 0.405. The molecule has 0 unspecified atom stereocenters. The zero-order valence-electron chi connectivity index (χ0n) is 9.40. The van der Waals surface area contributed by atoms with Crippen LogP contribution in [0, 0.1) is 0 Å². The first-order chi connectivity index (χ1) is 7.74. The highest BCUT2D eigenvalue weighted by molar-refractivity contribution is 5.96. The standard InChI is InChI=1S/C12H16O4/c1-2-16-12(14)7-8-15-9-10-5-3-4-6-11(10)13/h5,7-8H,2-4,6,9H2,1H3/b8-7+. The van der Waals surface area contributed by atoms with E-state index in [-0.39, 0.29) is 12.4 Å². The second-order valence-corrected chi connectivity index (χ2v) is 3.41. The SMILES string of the molecule is CCOC(=O)/C=C/OCC1=CCCCC1=O. The summed E-state index contributed by atoms with van der Waals surface area (Å²) < 4.78 is 9.76. The summed E-state index contributed by atoms with van der Waals surface area (Å²) in [5, 5.41) is 0. The minimum absolute atomic E-state index is 0.135. The second kappa shape index (κ2) is 6.82. The molecule has 0 N–H and O–H groups in total. The number of carbonyl (C=O) groups excluding carboxylic acids is 2. The van der Waals surface area contributed by atoms with Gasteiger partial charge in [0.2, 0.25) is 0 Å². The largest absolute Gasteiger partial charge is 0.496 e. The summed E-state index contributed by atoms with van der Waals surface area (Å²) in [5.41, 5.74) is 0.694. The van der Waals surface area contributed by atoms with E-state index in [1.54, 1.807) is 6.92 Å². The van der Waals surface area contributed by atoms with Crippen LogP contribution in [0.3, 0.4) is 0 Å². The van der Waals surface area contributed by atoms with Crippen molar-refractivity contribution in [1.29, 1.82) is 0 Å². The number of hydrogen-bond donors (Lipinski definition) is 0. The van der Waals surface area contributed by atoms with Crippen LogP contribution in [-0.2, 0) is 19.1 Å². The number of ether oxygens (including phenoxy) is 2. The summed E-state index contributed by atoms with van der Waals surface area (Å²) >= 11 is 0. The third kappa shape index (κ3) is 4.29. The topological polar surface area (TPSA) is 52.6 Å². The number of carbonyl (C=O) groups is 2. The van der Waals surface area contributed by atoms with Gasteiger partial charge in [0, 0.05) is 12.0 Å². The Morgan fingerprint density at radius 2 is 2.38 bits per heavy atom. The monoisotopic (exact) mass is 224 g/mol. The highest BCUT2D eigenvalue weighted by Gasteiger charge is 2.12. The Bertz CT molecular complexity index is 315. The molecular formula is C12H16O4. The number of ketones is 1. The van der Waals surface area contributed by atoms with Gasteiger partial charge >= 0.3 is 5.97 Å². The summed E-state index contributed by atoms with van der Waals surface area (Å²) in [6.45, 7) is 2.31. The molecule has 88 valence electrons. The van der Waals surface area contributed by atoms with Crippen LogP contribution in [0.4, 0.5) is 0 Å². The normalized spacial score (nSPS) is 16.1. The van der Waals surface area contributed by atoms with Crippen LogP contribution in [0.1, 0.15) is 26.2 Å². The van der Waals surface area contributed by atoms with Crippen molar-refractivity contribution in [2.75, 3.05) is 13.2 Å². The van der Waals surface area contributed by atoms with E-state index in [9.17, 15) is 9.59 Å². The first-order valence-electron chi connectivity index (χ1n) is 5.41. The van der Waals surface area contributed by atoms with Gasteiger partial charge in [0.1, 0.15) is 6.61 Å². The Kier molecular flexibility index (Phi) is 5.32. The molecule has 1 aliphatic carbocycles. The molecule has 0 aromatic carbocycles. The fourth-order valence-corrected chi connectivity index (χ4v) is 1.38. The van der Waals surface area contributed by atoms with E-state index < -0.39 is 5.97 Å². The highest BCUT2D eigenvalue weighted by atomic mass is 16.5. The summed E-state index contributed by atoms with van der Waals surface area (Å²) in [4.78, 5) is 22.2. The molecule has 0 saturated carbocycles. The summed E-state index contributed by atoms with van der Waals surface area (Å²) in [6.07, 6.45) is 6.80. The Balaban J connectivity index is 2.27. The molecule has 0 spiro atoms. The van der Waals surface area contributed by atoms with E-state index in [0.29, 0.717) is 18.6 Å². The van der Waals surface area contributed by atoms with Crippen LogP contribution in [0.2, 0.25) is 0 Å². The van der Waals surface area contributed by atoms with Crippen LogP contribution in [0.5, 0.6) is 0 Å². The Hall–Kier alpha value is -1.58. The average Bonchev–Trinajstić information content (AvgIpc) is 2.27. The smallest absolute Gasteiger partial charge is 0.333 e. The maximum atomic E-state index is 11.4. The summed E-state index contributed by atoms with van der Waals surface area (Å²) in [6, 6.07) is 0. The Morgan fingerprint density at radius 1 is 1.56 bits per heavy atom. The molecule has 1 aliphatic rings. The van der Waals surface area contributed by atoms with Crippen molar-refractivity contribution in [2.24, 2.45) is 0 Å². The average molecular weight is 224 g/mol. The molecular weight excluding hydrogens is 208 g/mol. The molecule has 4 heteroatoms. The first-order valence-corrected chi connectivity index (χ1v) is 5.41. The maximum absolute atomic E-state index is 11.4. The maximum Gasteiger partial charge on any atom is 0.333 e. The van der Waals surface area contributed by atoms with Gasteiger partial charge in [0.15, 0.2) is 5.78 Å². The van der Waals surface area contributed by atoms with Crippen LogP contribution in [0.15, 0.2) is 24.0 Å². The van der Waals surface area contributed by atoms with Crippen LogP contribution in [0.25, 0.3) is 0 Å². The molecule has 0 aliphatic heterocycles. The molecule has 0 heterocycles. The minimum atomic E-state index is -0.438. The number of esters is 1. The zero-order chi connectivity index (χ0) is 11.8. The van der Waals surface area contributed by atoms with Gasteiger partial charge in [-0.2, -0.15) is 0 Å². The van der Waals surface area contributed by atoms with Gasteiger partial charge in [-0.3, -0.25) is 4.79 Å². The van der Waals surface area contributed by atoms with Gasteiger partial charge in [-0.25, -0.2) is 4.79 Å². The second-order valence-electron chi connectivity index (χ2n) is 3.41. The van der Waals surface area contributed by atoms with Crippen LogP contribution >= 0.6 is 0 Å². The highest BCUT2D eigenvalue weighted by Crippen LogP contribution is 2.13. The number of allylic oxidation sites excluding steroid dienone is 1. The third-order valence-corrected chi connectivity index (χ3v) is 2.18. The van der Waals surface area contributed by atoms with E-state index in [4.69, 9.17) is 4.74 Å². The molecule has 0 fully saturated rings. The predicted molar refractivity (Wildman–Crippen MR) is 58.7 cm³/mol. The van der Waals surface area contributed by atoms with Crippen molar-refractivity contribution in [2.45, 2.75) is 26.2 Å². The molecule has 0 aromatic heterocycles. The lowest BCUT2D eigenvalue weighted by Crippen LogP contribution is -2.11. The minimum Gasteiger partial charge on any atom is -0.496 e. The van der Waals surface area contributed by atoms with Gasteiger partial charge in [0.05, 0.1) is 18.9 Å². The Labute approximate surface area is 94.9 Å². The summed E-state index contributed by atoms with van der Waals surface area (Å²) in [7, 11) is 0. The van der Waals surface area contributed by atoms with E-state index in [2.05, 4.69) is 4.74 Å². The fourth-order valence-electron chi connectivity index (χ4n) is 1.38. The van der Waals surface area contributed by atoms with Gasteiger partial charge in [-0.1, -0.05) is 6.08 Å². The van der Waals surface area contributed by atoms with Gasteiger partial charge in [0.25, 0.3) is 0 Å². The molecule has 0 aromatic rings. The molecule has 4 nitrogen and oxygen atoms in total. The van der Waals surface area contributed by atoms with Gasteiger partial charge < -0.3 is 9.47 Å². The van der Waals surface area contributed by atoms with Crippen molar-refractivity contribution < 1.29 is 19.1 Å². The lowest BCUT2D eigenvalue weighted by molar-refractivity contribution is -0.137. The molecule has 0 bridgehead atoms. The molecule has 0 saturated heterocycles. The summed E-state index contributed by atoms with van der Waals surface area (Å²) in [5.74, 6) is -0.303. The molecule has 0 atom stereocenters. The lowest BCUT2D eigenvalue weighted by Gasteiger charge is -2.10. The van der Waals surface area contributed by atoms with Gasteiger partial charge in [-0.05, 0) is 19.8 Å². The Morgan fingerprint density at radius 3 is 3.06 bits per heavy atom. The fraction of sp³-hybridized carbons (Fsp3) is 0.500. The molecule has 1 rings (SSSR count). The lowest BCUT2D eigenvalue weighted by atomic mass is 9.99. The van der Waals surface area contributed by atoms with Crippen LogP contribution in [-0.4, -0.2) is 25.0 Å². The van der Waals surface area contributed by atoms with Crippen molar-refractivity contribution in [3.63, 3.8) is 0 Å². The molecule has 16 heavy (non-hydrogen) atoms. The van der Waals surface area contributed by atoms with E-state index in [1.807, 2.05) is 6.08 Å². The van der Waals surface area contributed by atoms with E-state index in [0.717, 1.165) is 12.8 Å². The first kappa shape index (κ1) is 12.5. The van der Waals surface area contributed by atoms with E-state index in [1.165, 1.54) is 12.3 Å². The van der Waals surface area contributed by atoms with Crippen LogP contribution < -0.4 is 0 Å². The number of hydrogen-bond acceptors (Lipinski definition) is 4.